The Labute approximate surface area is 113 Å². The Kier molecular flexibility index (Phi) is 4.23. The Bertz CT molecular complexity index is 312. The summed E-state index contributed by atoms with van der Waals surface area (Å²) in [4.78, 5) is 0. The van der Waals surface area contributed by atoms with Crippen molar-refractivity contribution in [1.82, 2.24) is 0 Å². The van der Waals surface area contributed by atoms with Crippen molar-refractivity contribution in [2.24, 2.45) is 23.7 Å². The first-order valence-electron chi connectivity index (χ1n) is 8.30. The highest BCUT2D eigenvalue weighted by atomic mass is 14.5. The standard InChI is InChI=1S/C18H28/c1-3-7-11-15-16(12-8-4-1)18-14-10-6-2-5-9-13-17(15)18/h1,3,7,11,15-18H,2,4-6,8-10,12-14H2. The van der Waals surface area contributed by atoms with Gasteiger partial charge in [0.15, 0.2) is 0 Å². The summed E-state index contributed by atoms with van der Waals surface area (Å²) in [7, 11) is 0. The van der Waals surface area contributed by atoms with E-state index in [0.29, 0.717) is 0 Å². The molecular formula is C18H28. The molecule has 0 saturated heterocycles. The van der Waals surface area contributed by atoms with E-state index in [9.17, 15) is 0 Å². The lowest BCUT2D eigenvalue weighted by atomic mass is 9.53. The number of allylic oxidation sites excluding steroid dienone is 4. The first kappa shape index (κ1) is 12.5. The van der Waals surface area contributed by atoms with Gasteiger partial charge in [0.2, 0.25) is 0 Å². The zero-order chi connectivity index (χ0) is 12.2. The number of hydrogen-bond donors (Lipinski definition) is 0. The molecule has 0 N–H and O–H groups in total. The van der Waals surface area contributed by atoms with Gasteiger partial charge in [-0.1, -0.05) is 56.4 Å². The van der Waals surface area contributed by atoms with E-state index < -0.39 is 0 Å². The normalized spacial score (nSPS) is 40.9. The van der Waals surface area contributed by atoms with Crippen LogP contribution in [0.2, 0.25) is 0 Å². The highest BCUT2D eigenvalue weighted by Gasteiger charge is 2.46. The van der Waals surface area contributed by atoms with E-state index in [2.05, 4.69) is 24.3 Å². The molecule has 0 radical (unpaired) electrons. The van der Waals surface area contributed by atoms with E-state index in [1.54, 1.807) is 0 Å². The fraction of sp³-hybridized carbons (Fsp3) is 0.778. The van der Waals surface area contributed by atoms with Crippen molar-refractivity contribution in [2.45, 2.75) is 64.2 Å². The van der Waals surface area contributed by atoms with Crippen molar-refractivity contribution in [3.63, 3.8) is 0 Å². The molecule has 3 aliphatic rings. The van der Waals surface area contributed by atoms with Crippen LogP contribution in [0.4, 0.5) is 0 Å². The predicted molar refractivity (Wildman–Crippen MR) is 78.4 cm³/mol. The van der Waals surface area contributed by atoms with Crippen LogP contribution < -0.4 is 0 Å². The van der Waals surface area contributed by atoms with E-state index in [0.717, 1.165) is 23.7 Å². The lowest BCUT2D eigenvalue weighted by molar-refractivity contribution is -0.0103. The van der Waals surface area contributed by atoms with E-state index in [1.165, 1.54) is 64.2 Å². The lowest BCUT2D eigenvalue weighted by Gasteiger charge is -2.52. The second-order valence-corrected chi connectivity index (χ2v) is 6.66. The van der Waals surface area contributed by atoms with Gasteiger partial charge in [-0.05, 0) is 55.8 Å². The minimum absolute atomic E-state index is 0.927. The Hall–Kier alpha value is -0.520. The molecule has 2 fully saturated rings. The average Bonchev–Trinajstić information content (AvgIpc) is 2.53. The van der Waals surface area contributed by atoms with Crippen molar-refractivity contribution in [3.8, 4) is 0 Å². The first-order valence-corrected chi connectivity index (χ1v) is 8.30. The molecule has 0 aromatic heterocycles. The number of hydrogen-bond acceptors (Lipinski definition) is 0. The second kappa shape index (κ2) is 6.08. The van der Waals surface area contributed by atoms with Gasteiger partial charge in [0.05, 0.1) is 0 Å². The SMILES string of the molecule is C1=CCCCC2C(C=C1)C1CCCCCCCC21. The summed E-state index contributed by atoms with van der Waals surface area (Å²) < 4.78 is 0. The molecule has 0 aromatic carbocycles. The molecule has 0 nitrogen and oxygen atoms in total. The van der Waals surface area contributed by atoms with Crippen molar-refractivity contribution < 1.29 is 0 Å². The summed E-state index contributed by atoms with van der Waals surface area (Å²) in [5.74, 6) is 4.08. The van der Waals surface area contributed by atoms with Crippen LogP contribution in [-0.2, 0) is 0 Å². The van der Waals surface area contributed by atoms with Gasteiger partial charge in [0, 0.05) is 0 Å². The van der Waals surface area contributed by atoms with Gasteiger partial charge in [0.1, 0.15) is 0 Å². The van der Waals surface area contributed by atoms with E-state index in [1.807, 2.05) is 0 Å². The molecule has 18 heavy (non-hydrogen) atoms. The van der Waals surface area contributed by atoms with Crippen LogP contribution in [0.1, 0.15) is 64.2 Å². The Morgan fingerprint density at radius 3 is 2.11 bits per heavy atom. The van der Waals surface area contributed by atoms with Gasteiger partial charge in [0.25, 0.3) is 0 Å². The van der Waals surface area contributed by atoms with Gasteiger partial charge < -0.3 is 0 Å². The molecule has 0 bridgehead atoms. The fourth-order valence-corrected chi connectivity index (χ4v) is 4.72. The van der Waals surface area contributed by atoms with Crippen molar-refractivity contribution >= 4 is 0 Å². The average molecular weight is 244 g/mol. The highest BCUT2D eigenvalue weighted by Crippen LogP contribution is 2.54. The number of rotatable bonds is 0. The van der Waals surface area contributed by atoms with E-state index in [4.69, 9.17) is 0 Å². The molecule has 3 rings (SSSR count). The quantitative estimate of drug-likeness (QED) is 0.527. The highest BCUT2D eigenvalue weighted by molar-refractivity contribution is 5.12. The van der Waals surface area contributed by atoms with E-state index in [-0.39, 0.29) is 0 Å². The van der Waals surface area contributed by atoms with Crippen molar-refractivity contribution in [2.75, 3.05) is 0 Å². The molecule has 0 heteroatoms. The van der Waals surface area contributed by atoms with Crippen LogP contribution >= 0.6 is 0 Å². The monoisotopic (exact) mass is 244 g/mol. The minimum atomic E-state index is 0.927. The summed E-state index contributed by atoms with van der Waals surface area (Å²) in [6.07, 6.45) is 24.3. The van der Waals surface area contributed by atoms with Crippen molar-refractivity contribution in [1.29, 1.82) is 0 Å². The van der Waals surface area contributed by atoms with Gasteiger partial charge in [-0.2, -0.15) is 0 Å². The van der Waals surface area contributed by atoms with Crippen LogP contribution in [0.3, 0.4) is 0 Å². The van der Waals surface area contributed by atoms with Crippen LogP contribution in [0.25, 0.3) is 0 Å². The summed E-state index contributed by atoms with van der Waals surface area (Å²) in [5, 5.41) is 0. The Balaban J connectivity index is 1.70. The lowest BCUT2D eigenvalue weighted by Crippen LogP contribution is -2.45. The van der Waals surface area contributed by atoms with Crippen molar-refractivity contribution in [3.05, 3.63) is 24.3 Å². The van der Waals surface area contributed by atoms with E-state index >= 15 is 0 Å². The van der Waals surface area contributed by atoms with Gasteiger partial charge in [-0.3, -0.25) is 0 Å². The molecule has 0 heterocycles. The molecular weight excluding hydrogens is 216 g/mol. The molecule has 0 aliphatic heterocycles. The summed E-state index contributed by atoms with van der Waals surface area (Å²) in [6.45, 7) is 0. The minimum Gasteiger partial charge on any atom is -0.0845 e. The molecule has 0 amide bonds. The third-order valence-electron chi connectivity index (χ3n) is 5.65. The predicted octanol–water partition coefficient (Wildman–Crippen LogP) is 5.51. The summed E-state index contributed by atoms with van der Waals surface area (Å²) in [6, 6.07) is 0. The fourth-order valence-electron chi connectivity index (χ4n) is 4.72. The molecule has 4 unspecified atom stereocenters. The Morgan fingerprint density at radius 1 is 0.611 bits per heavy atom. The molecule has 100 valence electrons. The topological polar surface area (TPSA) is 0 Å². The largest absolute Gasteiger partial charge is 0.0845 e. The second-order valence-electron chi connectivity index (χ2n) is 6.66. The smallest absolute Gasteiger partial charge is 0.0168 e. The molecule has 0 spiro atoms. The number of fused-ring (bicyclic) bond motifs is 4. The maximum absolute atomic E-state index is 2.55. The van der Waals surface area contributed by atoms with Crippen LogP contribution in [-0.4, -0.2) is 0 Å². The third-order valence-corrected chi connectivity index (χ3v) is 5.65. The first-order chi connectivity index (χ1) is 8.97. The van der Waals surface area contributed by atoms with Crippen LogP contribution in [0, 0.1) is 23.7 Å². The summed E-state index contributed by atoms with van der Waals surface area (Å²) in [5.41, 5.74) is 0. The maximum atomic E-state index is 2.55. The molecule has 0 aromatic rings. The molecule has 2 saturated carbocycles. The van der Waals surface area contributed by atoms with Gasteiger partial charge in [-0.15, -0.1) is 0 Å². The van der Waals surface area contributed by atoms with Gasteiger partial charge >= 0.3 is 0 Å². The third kappa shape index (κ3) is 2.58. The maximum Gasteiger partial charge on any atom is -0.0168 e. The Morgan fingerprint density at radius 2 is 1.28 bits per heavy atom. The van der Waals surface area contributed by atoms with Crippen LogP contribution in [0.5, 0.6) is 0 Å². The zero-order valence-corrected chi connectivity index (χ0v) is 11.7. The molecule has 4 atom stereocenters. The molecule has 3 aliphatic carbocycles. The van der Waals surface area contributed by atoms with Crippen LogP contribution in [0.15, 0.2) is 24.3 Å². The summed E-state index contributed by atoms with van der Waals surface area (Å²) >= 11 is 0. The zero-order valence-electron chi connectivity index (χ0n) is 11.7. The van der Waals surface area contributed by atoms with Gasteiger partial charge in [-0.25, -0.2) is 0 Å².